The van der Waals surface area contributed by atoms with Crippen LogP contribution in [0.1, 0.15) is 36.8 Å². The minimum Gasteiger partial charge on any atom is -0.484 e. The van der Waals surface area contributed by atoms with E-state index in [0.717, 1.165) is 50.1 Å². The molecular weight excluding hydrogens is 342 g/mol. The lowest BCUT2D eigenvalue weighted by atomic mass is 9.97. The Morgan fingerprint density at radius 2 is 2.11 bits per heavy atom. The number of hydrogen-bond acceptors (Lipinski definition) is 4. The van der Waals surface area contributed by atoms with Gasteiger partial charge in [-0.15, -0.1) is 0 Å². The van der Waals surface area contributed by atoms with Crippen molar-refractivity contribution in [2.75, 3.05) is 32.8 Å². The smallest absolute Gasteiger partial charge is 0.260 e. The van der Waals surface area contributed by atoms with Gasteiger partial charge in [0, 0.05) is 19.6 Å². The van der Waals surface area contributed by atoms with Crippen LogP contribution in [0.4, 0.5) is 0 Å². The van der Waals surface area contributed by atoms with Gasteiger partial charge in [-0.1, -0.05) is 17.7 Å². The molecule has 2 atom stereocenters. The van der Waals surface area contributed by atoms with Crippen LogP contribution < -0.4 is 15.4 Å². The number of carbonyl (C=O) groups excluding carboxylic acids is 2. The minimum atomic E-state index is -0.0440. The molecule has 2 unspecified atom stereocenters. The highest BCUT2D eigenvalue weighted by Gasteiger charge is 2.26. The molecule has 1 aromatic carbocycles. The second-order valence-electron chi connectivity index (χ2n) is 7.80. The summed E-state index contributed by atoms with van der Waals surface area (Å²) in [6, 6.07) is 5.92. The largest absolute Gasteiger partial charge is 0.484 e. The molecule has 6 nitrogen and oxygen atoms in total. The van der Waals surface area contributed by atoms with E-state index in [2.05, 4.69) is 16.7 Å². The fourth-order valence-electron chi connectivity index (χ4n) is 3.93. The van der Waals surface area contributed by atoms with Gasteiger partial charge in [0.25, 0.3) is 5.91 Å². The predicted octanol–water partition coefficient (Wildman–Crippen LogP) is 1.79. The van der Waals surface area contributed by atoms with Crippen LogP contribution in [0, 0.1) is 19.8 Å². The monoisotopic (exact) mass is 373 g/mol. The van der Waals surface area contributed by atoms with E-state index in [1.54, 1.807) is 0 Å². The van der Waals surface area contributed by atoms with Gasteiger partial charge < -0.3 is 20.3 Å². The Morgan fingerprint density at radius 1 is 1.26 bits per heavy atom. The quantitative estimate of drug-likeness (QED) is 0.798. The Hall–Kier alpha value is -2.08. The van der Waals surface area contributed by atoms with E-state index in [0.29, 0.717) is 19.0 Å². The summed E-state index contributed by atoms with van der Waals surface area (Å²) >= 11 is 0. The van der Waals surface area contributed by atoms with Crippen molar-refractivity contribution >= 4 is 11.8 Å². The third-order valence-corrected chi connectivity index (χ3v) is 5.50. The van der Waals surface area contributed by atoms with Crippen LogP contribution in [0.3, 0.4) is 0 Å². The summed E-state index contributed by atoms with van der Waals surface area (Å²) in [6.45, 7) is 7.11. The van der Waals surface area contributed by atoms with E-state index in [1.807, 2.05) is 30.9 Å². The lowest BCUT2D eigenvalue weighted by molar-refractivity contribution is -0.135. The van der Waals surface area contributed by atoms with Gasteiger partial charge in [-0.3, -0.25) is 9.59 Å². The number of hydrogen-bond donors (Lipinski definition) is 2. The summed E-state index contributed by atoms with van der Waals surface area (Å²) in [7, 11) is 0. The van der Waals surface area contributed by atoms with Gasteiger partial charge in [0.1, 0.15) is 5.75 Å². The van der Waals surface area contributed by atoms with E-state index in [-0.39, 0.29) is 24.5 Å². The second kappa shape index (κ2) is 9.22. The van der Waals surface area contributed by atoms with Crippen molar-refractivity contribution in [3.05, 3.63) is 29.3 Å². The lowest BCUT2D eigenvalue weighted by Crippen LogP contribution is -2.47. The highest BCUT2D eigenvalue weighted by molar-refractivity contribution is 5.82. The standard InChI is InChI=1S/C21H31N3O3/c1-15-7-8-19(16(2)11-15)27-14-20(25)24-10-4-5-17(13-24)12-23-21(26)18-6-3-9-22-18/h7-8,11,17-18,22H,3-6,9-10,12-14H2,1-2H3,(H,23,26). The maximum absolute atomic E-state index is 12.5. The normalized spacial score (nSPS) is 22.5. The van der Waals surface area contributed by atoms with E-state index < -0.39 is 0 Å². The molecule has 27 heavy (non-hydrogen) atoms. The summed E-state index contributed by atoms with van der Waals surface area (Å²) in [4.78, 5) is 26.6. The molecule has 0 radical (unpaired) electrons. The summed E-state index contributed by atoms with van der Waals surface area (Å²) in [6.07, 6.45) is 3.98. The molecule has 2 aliphatic rings. The first-order valence-electron chi connectivity index (χ1n) is 10.0. The van der Waals surface area contributed by atoms with Crippen molar-refractivity contribution in [2.45, 2.75) is 45.6 Å². The summed E-state index contributed by atoms with van der Waals surface area (Å²) < 4.78 is 5.74. The van der Waals surface area contributed by atoms with Gasteiger partial charge in [-0.05, 0) is 63.6 Å². The van der Waals surface area contributed by atoms with Gasteiger partial charge in [0.15, 0.2) is 6.61 Å². The lowest BCUT2D eigenvalue weighted by Gasteiger charge is -2.33. The van der Waals surface area contributed by atoms with Crippen LogP contribution >= 0.6 is 0 Å². The zero-order valence-corrected chi connectivity index (χ0v) is 16.4. The molecule has 2 aliphatic heterocycles. The number of amides is 2. The van der Waals surface area contributed by atoms with Gasteiger partial charge in [-0.25, -0.2) is 0 Å². The number of rotatable bonds is 6. The first kappa shape index (κ1) is 19.7. The average Bonchev–Trinajstić information content (AvgIpc) is 3.20. The Kier molecular flexibility index (Phi) is 6.72. The van der Waals surface area contributed by atoms with E-state index in [4.69, 9.17) is 4.74 Å². The highest BCUT2D eigenvalue weighted by atomic mass is 16.5. The minimum absolute atomic E-state index is 0.0171. The first-order chi connectivity index (χ1) is 13.0. The van der Waals surface area contributed by atoms with E-state index in [1.165, 1.54) is 5.56 Å². The second-order valence-corrected chi connectivity index (χ2v) is 7.80. The molecule has 0 aliphatic carbocycles. The average molecular weight is 373 g/mol. The van der Waals surface area contributed by atoms with Crippen molar-refractivity contribution in [3.63, 3.8) is 0 Å². The molecule has 2 heterocycles. The molecule has 0 aromatic heterocycles. The number of carbonyl (C=O) groups is 2. The molecule has 2 saturated heterocycles. The molecule has 148 valence electrons. The zero-order valence-electron chi connectivity index (χ0n) is 16.4. The number of likely N-dealkylation sites (tertiary alicyclic amines) is 1. The summed E-state index contributed by atoms with van der Waals surface area (Å²) in [5.74, 6) is 1.19. The maximum atomic E-state index is 12.5. The molecule has 0 spiro atoms. The summed E-state index contributed by atoms with van der Waals surface area (Å²) in [5.41, 5.74) is 2.22. The van der Waals surface area contributed by atoms with Crippen molar-refractivity contribution in [1.82, 2.24) is 15.5 Å². The molecule has 3 rings (SSSR count). The SMILES string of the molecule is Cc1ccc(OCC(=O)N2CCCC(CNC(=O)C3CCCN3)C2)c(C)c1. The Balaban J connectivity index is 1.44. The Labute approximate surface area is 161 Å². The number of nitrogens with zero attached hydrogens (tertiary/aromatic N) is 1. The molecule has 1 aromatic rings. The van der Waals surface area contributed by atoms with Gasteiger partial charge in [0.2, 0.25) is 5.91 Å². The van der Waals surface area contributed by atoms with E-state index in [9.17, 15) is 9.59 Å². The van der Waals surface area contributed by atoms with Gasteiger partial charge in [-0.2, -0.15) is 0 Å². The number of aryl methyl sites for hydroxylation is 2. The molecule has 0 bridgehead atoms. The molecule has 2 amide bonds. The highest BCUT2D eigenvalue weighted by Crippen LogP contribution is 2.20. The Bertz CT molecular complexity index is 671. The van der Waals surface area contributed by atoms with Crippen molar-refractivity contribution < 1.29 is 14.3 Å². The van der Waals surface area contributed by atoms with Gasteiger partial charge in [0.05, 0.1) is 6.04 Å². The molecule has 2 fully saturated rings. The fourth-order valence-corrected chi connectivity index (χ4v) is 3.93. The van der Waals surface area contributed by atoms with Crippen molar-refractivity contribution in [3.8, 4) is 5.75 Å². The van der Waals surface area contributed by atoms with E-state index >= 15 is 0 Å². The zero-order chi connectivity index (χ0) is 19.2. The molecular formula is C21H31N3O3. The molecule has 2 N–H and O–H groups in total. The van der Waals surface area contributed by atoms with Crippen molar-refractivity contribution in [2.24, 2.45) is 5.92 Å². The molecule has 0 saturated carbocycles. The van der Waals surface area contributed by atoms with Crippen LogP contribution in [0.2, 0.25) is 0 Å². The Morgan fingerprint density at radius 3 is 2.85 bits per heavy atom. The van der Waals surface area contributed by atoms with Crippen LogP contribution in [0.5, 0.6) is 5.75 Å². The number of benzene rings is 1. The van der Waals surface area contributed by atoms with Crippen LogP contribution in [-0.4, -0.2) is 55.5 Å². The first-order valence-corrected chi connectivity index (χ1v) is 10.0. The topological polar surface area (TPSA) is 70.7 Å². The van der Waals surface area contributed by atoms with Crippen molar-refractivity contribution in [1.29, 1.82) is 0 Å². The fraction of sp³-hybridized carbons (Fsp3) is 0.619. The third-order valence-electron chi connectivity index (χ3n) is 5.50. The van der Waals surface area contributed by atoms with Crippen LogP contribution in [0.25, 0.3) is 0 Å². The number of ether oxygens (including phenoxy) is 1. The van der Waals surface area contributed by atoms with Crippen LogP contribution in [-0.2, 0) is 9.59 Å². The summed E-state index contributed by atoms with van der Waals surface area (Å²) in [5, 5.41) is 6.27. The number of piperidine rings is 1. The molecule has 6 heteroatoms. The number of nitrogens with one attached hydrogen (secondary N) is 2. The predicted molar refractivity (Wildman–Crippen MR) is 105 cm³/mol. The maximum Gasteiger partial charge on any atom is 0.260 e. The van der Waals surface area contributed by atoms with Crippen LogP contribution in [0.15, 0.2) is 18.2 Å². The third kappa shape index (κ3) is 5.45. The van der Waals surface area contributed by atoms with Gasteiger partial charge >= 0.3 is 0 Å².